The number of hydrazine groups is 1. The number of hydrogen-bond acceptors (Lipinski definition) is 6. The summed E-state index contributed by atoms with van der Waals surface area (Å²) in [7, 11) is 0. The fourth-order valence-corrected chi connectivity index (χ4v) is 2.48. The molecule has 6 heteroatoms. The molecule has 1 saturated heterocycles. The van der Waals surface area contributed by atoms with Crippen molar-refractivity contribution in [2.75, 3.05) is 23.4 Å². The Kier molecular flexibility index (Phi) is 3.98. The lowest BCUT2D eigenvalue weighted by atomic mass is 10.1. The van der Waals surface area contributed by atoms with E-state index in [9.17, 15) is 0 Å². The third kappa shape index (κ3) is 2.54. The van der Waals surface area contributed by atoms with Gasteiger partial charge in [0.2, 0.25) is 0 Å². The van der Waals surface area contributed by atoms with Crippen molar-refractivity contribution in [2.24, 2.45) is 5.84 Å². The average Bonchev–Trinajstić information content (AvgIpc) is 2.36. The van der Waals surface area contributed by atoms with E-state index in [0.29, 0.717) is 5.82 Å². The van der Waals surface area contributed by atoms with E-state index >= 15 is 0 Å². The predicted molar refractivity (Wildman–Crippen MR) is 71.4 cm³/mol. The quantitative estimate of drug-likeness (QED) is 0.615. The SMILES string of the molecule is CCc1c(NN)ncnc1N1C[C@@H](C)O[C@@H](C)C1. The second-order valence-corrected chi connectivity index (χ2v) is 4.68. The molecule has 0 bridgehead atoms. The van der Waals surface area contributed by atoms with Crippen LogP contribution in [0.25, 0.3) is 0 Å². The van der Waals surface area contributed by atoms with Crippen LogP contribution < -0.4 is 16.2 Å². The maximum atomic E-state index is 5.74. The number of hydrogen-bond donors (Lipinski definition) is 2. The van der Waals surface area contributed by atoms with Gasteiger partial charge in [-0.2, -0.15) is 0 Å². The van der Waals surface area contributed by atoms with E-state index in [1.807, 2.05) is 0 Å². The van der Waals surface area contributed by atoms with E-state index in [2.05, 4.69) is 41.1 Å². The fraction of sp³-hybridized carbons (Fsp3) is 0.667. The van der Waals surface area contributed by atoms with Crippen LogP contribution in [0.2, 0.25) is 0 Å². The third-order valence-electron chi connectivity index (χ3n) is 3.13. The van der Waals surface area contributed by atoms with Crippen LogP contribution in [0, 0.1) is 0 Å². The summed E-state index contributed by atoms with van der Waals surface area (Å²) in [5.74, 6) is 7.16. The van der Waals surface area contributed by atoms with Gasteiger partial charge < -0.3 is 15.1 Å². The molecule has 1 aliphatic heterocycles. The van der Waals surface area contributed by atoms with Crippen molar-refractivity contribution in [1.29, 1.82) is 0 Å². The minimum Gasteiger partial charge on any atom is -0.372 e. The Hall–Kier alpha value is -1.40. The van der Waals surface area contributed by atoms with Crippen LogP contribution in [-0.2, 0) is 11.2 Å². The molecule has 100 valence electrons. The van der Waals surface area contributed by atoms with Crippen LogP contribution in [0.15, 0.2) is 6.33 Å². The normalized spacial score (nSPS) is 24.1. The molecule has 0 radical (unpaired) electrons. The Labute approximate surface area is 108 Å². The van der Waals surface area contributed by atoms with Crippen molar-refractivity contribution < 1.29 is 4.74 Å². The van der Waals surface area contributed by atoms with Crippen LogP contribution in [0.1, 0.15) is 26.3 Å². The topological polar surface area (TPSA) is 76.3 Å². The zero-order valence-electron chi connectivity index (χ0n) is 11.2. The molecule has 0 amide bonds. The molecular formula is C12H21N5O. The number of nitrogens with two attached hydrogens (primary N) is 1. The molecule has 0 spiro atoms. The van der Waals surface area contributed by atoms with E-state index in [4.69, 9.17) is 10.6 Å². The van der Waals surface area contributed by atoms with Gasteiger partial charge in [0.05, 0.1) is 12.2 Å². The number of nitrogens with one attached hydrogen (secondary N) is 1. The van der Waals surface area contributed by atoms with E-state index < -0.39 is 0 Å². The van der Waals surface area contributed by atoms with Gasteiger partial charge in [-0.1, -0.05) is 6.92 Å². The van der Waals surface area contributed by atoms with Gasteiger partial charge in [-0.15, -0.1) is 0 Å². The van der Waals surface area contributed by atoms with E-state index in [1.165, 1.54) is 0 Å². The summed E-state index contributed by atoms with van der Waals surface area (Å²) in [5, 5.41) is 0. The number of aromatic nitrogens is 2. The van der Waals surface area contributed by atoms with Gasteiger partial charge in [-0.3, -0.25) is 0 Å². The van der Waals surface area contributed by atoms with E-state index in [1.54, 1.807) is 6.33 Å². The maximum Gasteiger partial charge on any atom is 0.148 e. The van der Waals surface area contributed by atoms with Gasteiger partial charge >= 0.3 is 0 Å². The highest BCUT2D eigenvalue weighted by Crippen LogP contribution is 2.26. The highest BCUT2D eigenvalue weighted by molar-refractivity contribution is 5.58. The number of nitrogens with zero attached hydrogens (tertiary/aromatic N) is 3. The third-order valence-corrected chi connectivity index (χ3v) is 3.13. The van der Waals surface area contributed by atoms with Crippen molar-refractivity contribution in [3.8, 4) is 0 Å². The first kappa shape index (κ1) is 13.0. The van der Waals surface area contributed by atoms with Crippen LogP contribution >= 0.6 is 0 Å². The predicted octanol–water partition coefficient (Wildman–Crippen LogP) is 0.938. The molecule has 1 fully saturated rings. The van der Waals surface area contributed by atoms with Gasteiger partial charge in [0, 0.05) is 18.7 Å². The van der Waals surface area contributed by atoms with E-state index in [-0.39, 0.29) is 12.2 Å². The van der Waals surface area contributed by atoms with Crippen molar-refractivity contribution in [2.45, 2.75) is 39.4 Å². The molecular weight excluding hydrogens is 230 g/mol. The molecule has 1 aliphatic rings. The zero-order valence-corrected chi connectivity index (χ0v) is 11.2. The Morgan fingerprint density at radius 3 is 2.61 bits per heavy atom. The Morgan fingerprint density at radius 1 is 1.39 bits per heavy atom. The van der Waals surface area contributed by atoms with Gasteiger partial charge in [0.15, 0.2) is 0 Å². The van der Waals surface area contributed by atoms with Crippen LogP contribution in [0.5, 0.6) is 0 Å². The lowest BCUT2D eigenvalue weighted by Crippen LogP contribution is -2.46. The lowest BCUT2D eigenvalue weighted by molar-refractivity contribution is -0.00550. The fourth-order valence-electron chi connectivity index (χ4n) is 2.48. The minimum absolute atomic E-state index is 0.211. The highest BCUT2D eigenvalue weighted by atomic mass is 16.5. The molecule has 0 aliphatic carbocycles. The first-order valence-corrected chi connectivity index (χ1v) is 6.36. The number of rotatable bonds is 3. The van der Waals surface area contributed by atoms with Crippen molar-refractivity contribution in [3.63, 3.8) is 0 Å². The first-order valence-electron chi connectivity index (χ1n) is 6.36. The van der Waals surface area contributed by atoms with Crippen LogP contribution in [0.4, 0.5) is 11.6 Å². The van der Waals surface area contributed by atoms with Crippen molar-refractivity contribution in [3.05, 3.63) is 11.9 Å². The highest BCUT2D eigenvalue weighted by Gasteiger charge is 2.25. The summed E-state index contributed by atoms with van der Waals surface area (Å²) in [6, 6.07) is 0. The lowest BCUT2D eigenvalue weighted by Gasteiger charge is -2.37. The number of anilines is 2. The van der Waals surface area contributed by atoms with Gasteiger partial charge in [0.1, 0.15) is 18.0 Å². The monoisotopic (exact) mass is 251 g/mol. The smallest absolute Gasteiger partial charge is 0.148 e. The molecule has 3 N–H and O–H groups in total. The van der Waals surface area contributed by atoms with Crippen LogP contribution in [0.3, 0.4) is 0 Å². The van der Waals surface area contributed by atoms with Gasteiger partial charge in [-0.25, -0.2) is 15.8 Å². The van der Waals surface area contributed by atoms with Gasteiger partial charge in [0.25, 0.3) is 0 Å². The Bertz CT molecular complexity index is 401. The summed E-state index contributed by atoms with van der Waals surface area (Å²) >= 11 is 0. The standard InChI is InChI=1S/C12H21N5O/c1-4-10-11(16-13)14-7-15-12(10)17-5-8(2)18-9(3)6-17/h7-9H,4-6,13H2,1-3H3,(H,14,15,16)/t8-,9+. The Morgan fingerprint density at radius 2 is 2.06 bits per heavy atom. The molecule has 0 saturated carbocycles. The molecule has 2 atom stereocenters. The minimum atomic E-state index is 0.211. The van der Waals surface area contributed by atoms with Crippen molar-refractivity contribution >= 4 is 11.6 Å². The summed E-state index contributed by atoms with van der Waals surface area (Å²) in [6.07, 6.45) is 2.81. The number of nitrogen functional groups attached to an aromatic ring is 1. The average molecular weight is 251 g/mol. The van der Waals surface area contributed by atoms with Crippen molar-refractivity contribution in [1.82, 2.24) is 9.97 Å². The number of morpholine rings is 1. The molecule has 1 aromatic heterocycles. The summed E-state index contributed by atoms with van der Waals surface area (Å²) < 4.78 is 5.74. The zero-order chi connectivity index (χ0) is 13.1. The largest absolute Gasteiger partial charge is 0.372 e. The van der Waals surface area contributed by atoms with E-state index in [0.717, 1.165) is 30.9 Å². The molecule has 0 unspecified atom stereocenters. The second kappa shape index (κ2) is 5.49. The maximum absolute atomic E-state index is 5.74. The first-order chi connectivity index (χ1) is 8.65. The Balaban J connectivity index is 2.32. The molecule has 0 aromatic carbocycles. The molecule has 1 aromatic rings. The second-order valence-electron chi connectivity index (χ2n) is 4.68. The van der Waals surface area contributed by atoms with Gasteiger partial charge in [-0.05, 0) is 20.3 Å². The summed E-state index contributed by atoms with van der Waals surface area (Å²) in [5.41, 5.74) is 3.70. The molecule has 6 nitrogen and oxygen atoms in total. The summed E-state index contributed by atoms with van der Waals surface area (Å²) in [4.78, 5) is 10.8. The van der Waals surface area contributed by atoms with Crippen LogP contribution in [-0.4, -0.2) is 35.3 Å². The number of ether oxygens (including phenoxy) is 1. The molecule has 18 heavy (non-hydrogen) atoms. The summed E-state index contributed by atoms with van der Waals surface area (Å²) in [6.45, 7) is 7.93. The molecule has 2 rings (SSSR count). The molecule has 2 heterocycles.